The summed E-state index contributed by atoms with van der Waals surface area (Å²) in [6, 6.07) is 20.1. The molecule has 0 fully saturated rings. The van der Waals surface area contributed by atoms with E-state index in [1.54, 1.807) is 113 Å². The summed E-state index contributed by atoms with van der Waals surface area (Å²) >= 11 is 0. The molecule has 0 unspecified atom stereocenters. The molecule has 0 aliphatic heterocycles. The van der Waals surface area contributed by atoms with E-state index in [1.807, 2.05) is 24.3 Å². The fraction of sp³-hybridized carbons (Fsp3) is 0.409. The highest BCUT2D eigenvalue weighted by atomic mass is 16.3. The molecule has 6 N–H and O–H groups in total. The van der Waals surface area contributed by atoms with E-state index in [0.29, 0.717) is 11.1 Å². The van der Waals surface area contributed by atoms with Crippen LogP contribution in [-0.2, 0) is 44.9 Å². The first-order chi connectivity index (χ1) is 26.8. The highest BCUT2D eigenvalue weighted by Crippen LogP contribution is 2.26. The number of carbonyl (C=O) groups excluding carboxylic acids is 4. The molecule has 298 valence electrons. The highest BCUT2D eigenvalue weighted by molar-refractivity contribution is 5.99. The van der Waals surface area contributed by atoms with Crippen molar-refractivity contribution >= 4 is 23.6 Å². The minimum atomic E-state index is -1.86. The summed E-state index contributed by atoms with van der Waals surface area (Å²) in [7, 11) is 0. The lowest BCUT2D eigenvalue weighted by Gasteiger charge is -2.42. The number of aliphatic hydroxyl groups is 2. The van der Waals surface area contributed by atoms with Gasteiger partial charge in [0.2, 0.25) is 23.6 Å². The minimum absolute atomic E-state index is 0.0548. The molecular weight excluding hydrogens is 709 g/mol. The number of imide groups is 2. The number of aryl methyl sites for hydroxylation is 2. The second-order valence-electron chi connectivity index (χ2n) is 15.0. The quantitative estimate of drug-likeness (QED) is 0.110. The molecule has 0 bridgehead atoms. The zero-order valence-corrected chi connectivity index (χ0v) is 32.7. The fourth-order valence-electron chi connectivity index (χ4n) is 6.57. The van der Waals surface area contributed by atoms with Crippen LogP contribution >= 0.6 is 0 Å². The third-order valence-corrected chi connectivity index (χ3v) is 10.1. The average Bonchev–Trinajstić information content (AvgIpc) is 3.21. The SMILES string of the molecule is CC(C)[C@H](N)C(=O)N(C(=O)CCc1cccnc1)[C@@H](Cc1ccccc1)[C@@H](O)[C@H](O)[C@H](Cc1ccccc1)N(C(=O)CCc1cccnc1)C(=O)[C@@H](N)C(C)C. The van der Waals surface area contributed by atoms with Crippen LogP contribution in [0.15, 0.2) is 110 Å². The molecule has 4 amide bonds. The van der Waals surface area contributed by atoms with Gasteiger partial charge in [-0.1, -0.05) is 100 Å². The zero-order valence-electron chi connectivity index (χ0n) is 32.7. The molecule has 2 aromatic carbocycles. The second kappa shape index (κ2) is 21.2. The molecule has 0 aliphatic carbocycles. The van der Waals surface area contributed by atoms with Gasteiger partial charge in [-0.15, -0.1) is 0 Å². The first-order valence-corrected chi connectivity index (χ1v) is 19.2. The molecule has 0 radical (unpaired) electrons. The number of pyridine rings is 2. The largest absolute Gasteiger partial charge is 0.388 e. The average molecular weight is 765 g/mol. The number of amides is 4. The molecule has 0 spiro atoms. The van der Waals surface area contributed by atoms with Gasteiger partial charge < -0.3 is 21.7 Å². The number of aromatic nitrogens is 2. The second-order valence-corrected chi connectivity index (χ2v) is 15.0. The predicted molar refractivity (Wildman–Crippen MR) is 214 cm³/mol. The summed E-state index contributed by atoms with van der Waals surface area (Å²) in [6.45, 7) is 7.03. The maximum absolute atomic E-state index is 14.3. The molecule has 0 saturated carbocycles. The Balaban J connectivity index is 1.84. The lowest BCUT2D eigenvalue weighted by molar-refractivity contribution is -0.162. The van der Waals surface area contributed by atoms with Gasteiger partial charge >= 0.3 is 0 Å². The number of hydrogen-bond donors (Lipinski definition) is 4. The van der Waals surface area contributed by atoms with Crippen LogP contribution in [0.4, 0.5) is 0 Å². The van der Waals surface area contributed by atoms with Crippen LogP contribution in [0.3, 0.4) is 0 Å². The third kappa shape index (κ3) is 11.9. The van der Waals surface area contributed by atoms with Gasteiger partial charge in [0.15, 0.2) is 0 Å². The van der Waals surface area contributed by atoms with Crippen LogP contribution < -0.4 is 11.5 Å². The van der Waals surface area contributed by atoms with E-state index in [1.165, 1.54) is 0 Å². The predicted octanol–water partition coefficient (Wildman–Crippen LogP) is 3.66. The number of hydrogen-bond acceptors (Lipinski definition) is 10. The first kappa shape index (κ1) is 43.6. The van der Waals surface area contributed by atoms with Crippen molar-refractivity contribution in [1.29, 1.82) is 0 Å². The van der Waals surface area contributed by atoms with Crippen LogP contribution in [-0.4, -0.2) is 90.0 Å². The standard InChI is InChI=1S/C44H56N6O6/c1-29(2)39(45)43(55)49(37(51)21-19-33-17-11-23-47-27-33)35(25-31-13-7-5-8-14-31)41(53)42(54)36(26-32-15-9-6-10-16-32)50(44(56)40(46)30(3)4)38(52)22-20-34-18-12-24-48-28-34/h5-18,23-24,27-30,35-36,39-42,53-54H,19-22,25-26,45-46H2,1-4H3/t35-,36-,39-,40-,41+,42+/m0/s1. The van der Waals surface area contributed by atoms with E-state index in [0.717, 1.165) is 20.9 Å². The first-order valence-electron chi connectivity index (χ1n) is 19.2. The Kier molecular flexibility index (Phi) is 16.5. The van der Waals surface area contributed by atoms with Gasteiger partial charge in [-0.2, -0.15) is 0 Å². The number of nitrogens with zero attached hydrogens (tertiary/aromatic N) is 4. The lowest BCUT2D eigenvalue weighted by Crippen LogP contribution is -2.64. The van der Waals surface area contributed by atoms with Crippen molar-refractivity contribution in [2.24, 2.45) is 23.3 Å². The summed E-state index contributed by atoms with van der Waals surface area (Å²) in [5.41, 5.74) is 15.7. The molecular formula is C44H56N6O6. The van der Waals surface area contributed by atoms with E-state index in [-0.39, 0.29) is 50.4 Å². The summed E-state index contributed by atoms with van der Waals surface area (Å²) in [4.78, 5) is 67.6. The molecule has 4 rings (SSSR count). The number of carbonyl (C=O) groups is 4. The smallest absolute Gasteiger partial charge is 0.246 e. The van der Waals surface area contributed by atoms with E-state index in [2.05, 4.69) is 9.97 Å². The van der Waals surface area contributed by atoms with Crippen LogP contribution in [0.1, 0.15) is 62.8 Å². The van der Waals surface area contributed by atoms with Crippen molar-refractivity contribution < 1.29 is 29.4 Å². The number of aliphatic hydroxyl groups excluding tert-OH is 2. The van der Waals surface area contributed by atoms with E-state index in [4.69, 9.17) is 11.5 Å². The van der Waals surface area contributed by atoms with E-state index >= 15 is 0 Å². The Labute approximate surface area is 330 Å². The van der Waals surface area contributed by atoms with Gasteiger partial charge in [-0.05, 0) is 71.9 Å². The summed E-state index contributed by atoms with van der Waals surface area (Å²) in [6.07, 6.45) is 2.94. The fourth-order valence-corrected chi connectivity index (χ4v) is 6.57. The van der Waals surface area contributed by atoms with Gasteiger partial charge in [0.1, 0.15) is 12.2 Å². The number of nitrogens with two attached hydrogens (primary N) is 2. The molecule has 4 aromatic rings. The normalized spacial score (nSPS) is 14.7. The molecule has 12 nitrogen and oxygen atoms in total. The Bertz CT molecular complexity index is 1700. The van der Waals surface area contributed by atoms with Gasteiger partial charge in [0.05, 0.1) is 24.2 Å². The van der Waals surface area contributed by atoms with Gasteiger partial charge in [-0.3, -0.25) is 38.9 Å². The van der Waals surface area contributed by atoms with Crippen LogP contribution in [0.25, 0.3) is 0 Å². The Morgan fingerprint density at radius 1 is 0.554 bits per heavy atom. The Hall–Kier alpha value is -5.14. The minimum Gasteiger partial charge on any atom is -0.388 e. The maximum atomic E-state index is 14.3. The van der Waals surface area contributed by atoms with Crippen molar-refractivity contribution in [3.8, 4) is 0 Å². The maximum Gasteiger partial charge on any atom is 0.246 e. The molecule has 56 heavy (non-hydrogen) atoms. The summed E-state index contributed by atoms with van der Waals surface area (Å²) in [5.74, 6) is -3.39. The molecule has 12 heteroatoms. The summed E-state index contributed by atoms with van der Waals surface area (Å²) in [5, 5.41) is 25.0. The van der Waals surface area contributed by atoms with Crippen LogP contribution in [0, 0.1) is 11.8 Å². The van der Waals surface area contributed by atoms with Crippen molar-refractivity contribution in [2.45, 2.75) is 103 Å². The Morgan fingerprint density at radius 3 is 1.20 bits per heavy atom. The Morgan fingerprint density at radius 2 is 0.893 bits per heavy atom. The zero-order chi connectivity index (χ0) is 40.8. The lowest BCUT2D eigenvalue weighted by atomic mass is 9.87. The van der Waals surface area contributed by atoms with Crippen molar-refractivity contribution in [2.75, 3.05) is 0 Å². The molecule has 0 aliphatic rings. The van der Waals surface area contributed by atoms with Crippen LogP contribution in [0.2, 0.25) is 0 Å². The molecule has 2 aromatic heterocycles. The van der Waals surface area contributed by atoms with Gasteiger partial charge in [0, 0.05) is 37.6 Å². The van der Waals surface area contributed by atoms with E-state index < -0.39 is 60.0 Å². The molecule has 2 heterocycles. The van der Waals surface area contributed by atoms with Gasteiger partial charge in [0.25, 0.3) is 0 Å². The van der Waals surface area contributed by atoms with Crippen molar-refractivity contribution in [3.05, 3.63) is 132 Å². The van der Waals surface area contributed by atoms with E-state index in [9.17, 15) is 29.4 Å². The monoisotopic (exact) mass is 764 g/mol. The summed E-state index contributed by atoms with van der Waals surface area (Å²) < 4.78 is 0. The third-order valence-electron chi connectivity index (χ3n) is 10.1. The number of rotatable bonds is 19. The van der Waals surface area contributed by atoms with Crippen molar-refractivity contribution in [3.63, 3.8) is 0 Å². The van der Waals surface area contributed by atoms with Gasteiger partial charge in [-0.25, -0.2) is 0 Å². The number of benzene rings is 2. The molecule has 0 saturated heterocycles. The topological polar surface area (TPSA) is 193 Å². The molecule has 6 atom stereocenters. The van der Waals surface area contributed by atoms with Crippen molar-refractivity contribution in [1.82, 2.24) is 19.8 Å². The van der Waals surface area contributed by atoms with Crippen LogP contribution in [0.5, 0.6) is 0 Å². The highest BCUT2D eigenvalue weighted by Gasteiger charge is 2.45.